The van der Waals surface area contributed by atoms with E-state index in [2.05, 4.69) is 20.2 Å². The Balaban J connectivity index is 1.60. The number of hydrogen-bond donors (Lipinski definition) is 2. The van der Waals surface area contributed by atoms with Crippen molar-refractivity contribution >= 4 is 16.8 Å². The zero-order chi connectivity index (χ0) is 16.9. The van der Waals surface area contributed by atoms with Crippen LogP contribution in [0.4, 0.5) is 0 Å². The van der Waals surface area contributed by atoms with Crippen molar-refractivity contribution in [2.24, 2.45) is 0 Å². The summed E-state index contributed by atoms with van der Waals surface area (Å²) in [5.41, 5.74) is 0.552. The molecule has 1 aliphatic rings. The molecule has 0 saturated carbocycles. The van der Waals surface area contributed by atoms with Gasteiger partial charge in [0, 0.05) is 13.0 Å². The fourth-order valence-electron chi connectivity index (χ4n) is 3.26. The third kappa shape index (κ3) is 3.82. The number of nitrogens with zero attached hydrogens (tertiary/aromatic N) is 2. The smallest absolute Gasteiger partial charge is 0.258 e. The van der Waals surface area contributed by atoms with Crippen molar-refractivity contribution in [3.8, 4) is 0 Å². The second-order valence-corrected chi connectivity index (χ2v) is 6.42. The topological polar surface area (TPSA) is 78.1 Å². The summed E-state index contributed by atoms with van der Waals surface area (Å²) in [7, 11) is 2.01. The van der Waals surface area contributed by atoms with Crippen LogP contribution in [0.3, 0.4) is 0 Å². The van der Waals surface area contributed by atoms with Crippen molar-refractivity contribution in [2.75, 3.05) is 20.1 Å². The van der Waals surface area contributed by atoms with Crippen LogP contribution in [0.2, 0.25) is 0 Å². The van der Waals surface area contributed by atoms with E-state index in [-0.39, 0.29) is 17.5 Å². The van der Waals surface area contributed by atoms with Gasteiger partial charge in [-0.3, -0.25) is 14.5 Å². The Morgan fingerprint density at radius 3 is 3.04 bits per heavy atom. The average molecular weight is 328 g/mol. The molecule has 0 unspecified atom stereocenters. The van der Waals surface area contributed by atoms with Gasteiger partial charge in [0.1, 0.15) is 5.82 Å². The lowest BCUT2D eigenvalue weighted by atomic mass is 10.1. The van der Waals surface area contributed by atoms with Gasteiger partial charge in [-0.2, -0.15) is 0 Å². The zero-order valence-corrected chi connectivity index (χ0v) is 14.0. The Morgan fingerprint density at radius 2 is 2.17 bits per heavy atom. The van der Waals surface area contributed by atoms with Gasteiger partial charge in [0.25, 0.3) is 5.56 Å². The van der Waals surface area contributed by atoms with Gasteiger partial charge in [-0.05, 0) is 38.6 Å². The quantitative estimate of drug-likeness (QED) is 0.890. The third-order valence-corrected chi connectivity index (χ3v) is 4.65. The molecule has 1 fully saturated rings. The van der Waals surface area contributed by atoms with E-state index in [0.29, 0.717) is 29.7 Å². The number of likely N-dealkylation sites (tertiary alicyclic amines) is 1. The summed E-state index contributed by atoms with van der Waals surface area (Å²) < 4.78 is 0. The maximum atomic E-state index is 12.4. The first-order valence-corrected chi connectivity index (χ1v) is 8.61. The van der Waals surface area contributed by atoms with E-state index in [9.17, 15) is 9.59 Å². The Hall–Kier alpha value is -2.21. The summed E-state index contributed by atoms with van der Waals surface area (Å²) in [6, 6.07) is 7.22. The molecule has 0 spiro atoms. The normalized spacial score (nSPS) is 19.1. The van der Waals surface area contributed by atoms with Gasteiger partial charge in [-0.15, -0.1) is 0 Å². The summed E-state index contributed by atoms with van der Waals surface area (Å²) in [5.74, 6) is 0.677. The molecule has 1 aromatic heterocycles. The highest BCUT2D eigenvalue weighted by Gasteiger charge is 2.24. The number of nitrogens with one attached hydrogen (secondary N) is 2. The molecule has 0 bridgehead atoms. The fraction of sp³-hybridized carbons (Fsp3) is 0.500. The summed E-state index contributed by atoms with van der Waals surface area (Å²) in [6.45, 7) is 1.45. The molecule has 1 saturated heterocycles. The monoisotopic (exact) mass is 328 g/mol. The van der Waals surface area contributed by atoms with Crippen LogP contribution in [0.5, 0.6) is 0 Å². The lowest BCUT2D eigenvalue weighted by Gasteiger charge is -2.24. The number of fused-ring (bicyclic) bond motifs is 1. The van der Waals surface area contributed by atoms with Crippen LogP contribution < -0.4 is 10.9 Å². The van der Waals surface area contributed by atoms with E-state index in [4.69, 9.17) is 0 Å². The number of aromatic amines is 1. The van der Waals surface area contributed by atoms with E-state index in [1.54, 1.807) is 6.07 Å². The minimum absolute atomic E-state index is 0.0453. The van der Waals surface area contributed by atoms with Crippen molar-refractivity contribution in [1.82, 2.24) is 20.2 Å². The van der Waals surface area contributed by atoms with Crippen molar-refractivity contribution in [3.63, 3.8) is 0 Å². The largest absolute Gasteiger partial charge is 0.354 e. The minimum atomic E-state index is -0.134. The van der Waals surface area contributed by atoms with E-state index < -0.39 is 0 Å². The SMILES string of the molecule is CN1CCCCC[C@H]1C(=O)NCCc1nc2ccccc2c(=O)[nH]1. The first-order chi connectivity index (χ1) is 11.6. The summed E-state index contributed by atoms with van der Waals surface area (Å²) >= 11 is 0. The molecule has 3 rings (SSSR count). The van der Waals surface area contributed by atoms with Crippen LogP contribution in [-0.2, 0) is 11.2 Å². The van der Waals surface area contributed by atoms with Crippen LogP contribution in [0.1, 0.15) is 31.5 Å². The maximum absolute atomic E-state index is 12.4. The fourth-order valence-corrected chi connectivity index (χ4v) is 3.26. The van der Waals surface area contributed by atoms with E-state index in [0.717, 1.165) is 25.8 Å². The summed E-state index contributed by atoms with van der Waals surface area (Å²) in [4.78, 5) is 33.8. The van der Waals surface area contributed by atoms with Gasteiger partial charge >= 0.3 is 0 Å². The number of carbonyl (C=O) groups excluding carboxylic acids is 1. The highest BCUT2D eigenvalue weighted by atomic mass is 16.2. The molecule has 2 heterocycles. The highest BCUT2D eigenvalue weighted by Crippen LogP contribution is 2.15. The van der Waals surface area contributed by atoms with Gasteiger partial charge in [-0.1, -0.05) is 25.0 Å². The molecule has 6 heteroatoms. The summed E-state index contributed by atoms with van der Waals surface area (Å²) in [5, 5.41) is 3.57. The molecular formula is C18H24N4O2. The van der Waals surface area contributed by atoms with Crippen LogP contribution in [0, 0.1) is 0 Å². The molecule has 0 radical (unpaired) electrons. The number of aromatic nitrogens is 2. The molecule has 1 amide bonds. The van der Waals surface area contributed by atoms with E-state index >= 15 is 0 Å². The molecule has 2 N–H and O–H groups in total. The lowest BCUT2D eigenvalue weighted by Crippen LogP contribution is -2.45. The molecule has 1 atom stereocenters. The van der Waals surface area contributed by atoms with Crippen molar-refractivity contribution in [1.29, 1.82) is 0 Å². The molecule has 0 aliphatic carbocycles. The van der Waals surface area contributed by atoms with E-state index in [1.165, 1.54) is 6.42 Å². The van der Waals surface area contributed by atoms with Crippen LogP contribution >= 0.6 is 0 Å². The predicted octanol–water partition coefficient (Wildman–Crippen LogP) is 1.46. The van der Waals surface area contributed by atoms with E-state index in [1.807, 2.05) is 25.2 Å². The number of amides is 1. The number of benzene rings is 1. The first-order valence-electron chi connectivity index (χ1n) is 8.61. The molecule has 2 aromatic rings. The average Bonchev–Trinajstić information content (AvgIpc) is 2.79. The van der Waals surface area contributed by atoms with Crippen LogP contribution in [-0.4, -0.2) is 47.0 Å². The number of para-hydroxylation sites is 1. The molecule has 6 nitrogen and oxygen atoms in total. The number of rotatable bonds is 4. The van der Waals surface area contributed by atoms with Crippen molar-refractivity contribution < 1.29 is 4.79 Å². The van der Waals surface area contributed by atoms with Crippen LogP contribution in [0.15, 0.2) is 29.1 Å². The first kappa shape index (κ1) is 16.6. The number of H-pyrrole nitrogens is 1. The second-order valence-electron chi connectivity index (χ2n) is 6.42. The van der Waals surface area contributed by atoms with Gasteiger partial charge in [0.15, 0.2) is 0 Å². The van der Waals surface area contributed by atoms with Crippen molar-refractivity contribution in [2.45, 2.75) is 38.1 Å². The molecule has 128 valence electrons. The van der Waals surface area contributed by atoms with Crippen LogP contribution in [0.25, 0.3) is 10.9 Å². The highest BCUT2D eigenvalue weighted by molar-refractivity contribution is 5.81. The Kier molecular flexibility index (Phi) is 5.25. The maximum Gasteiger partial charge on any atom is 0.258 e. The standard InChI is InChI=1S/C18H24N4O2/c1-22-12-6-2-3-9-15(22)18(24)19-11-10-16-20-14-8-5-4-7-13(14)17(23)21-16/h4-5,7-8,15H,2-3,6,9-12H2,1H3,(H,19,24)(H,20,21,23)/t15-/m0/s1. The minimum Gasteiger partial charge on any atom is -0.354 e. The number of hydrogen-bond acceptors (Lipinski definition) is 4. The van der Waals surface area contributed by atoms with Gasteiger partial charge in [0.05, 0.1) is 16.9 Å². The van der Waals surface area contributed by atoms with Crippen molar-refractivity contribution in [3.05, 3.63) is 40.4 Å². The third-order valence-electron chi connectivity index (χ3n) is 4.65. The lowest BCUT2D eigenvalue weighted by molar-refractivity contribution is -0.126. The second kappa shape index (κ2) is 7.57. The Morgan fingerprint density at radius 1 is 1.33 bits per heavy atom. The molecular weight excluding hydrogens is 304 g/mol. The number of likely N-dealkylation sites (N-methyl/N-ethyl adjacent to an activating group) is 1. The Bertz CT molecular complexity index is 771. The molecule has 24 heavy (non-hydrogen) atoms. The van der Waals surface area contributed by atoms with Gasteiger partial charge in [-0.25, -0.2) is 4.98 Å². The predicted molar refractivity (Wildman–Crippen MR) is 94.0 cm³/mol. The molecule has 1 aliphatic heterocycles. The van der Waals surface area contributed by atoms with Gasteiger partial charge in [0.2, 0.25) is 5.91 Å². The Labute approximate surface area is 141 Å². The zero-order valence-electron chi connectivity index (χ0n) is 14.0. The number of carbonyl (C=O) groups is 1. The van der Waals surface area contributed by atoms with Gasteiger partial charge < -0.3 is 10.3 Å². The molecule has 1 aromatic carbocycles. The summed E-state index contributed by atoms with van der Waals surface area (Å²) in [6.07, 6.45) is 4.87.